The van der Waals surface area contributed by atoms with Crippen LogP contribution in [0.1, 0.15) is 43.2 Å². The fourth-order valence-electron chi connectivity index (χ4n) is 3.26. The summed E-state index contributed by atoms with van der Waals surface area (Å²) in [6, 6.07) is 6.38. The number of anilines is 1. The highest BCUT2D eigenvalue weighted by Crippen LogP contribution is 2.29. The number of aryl methyl sites for hydroxylation is 2. The Hall–Kier alpha value is -1.55. The summed E-state index contributed by atoms with van der Waals surface area (Å²) in [7, 11) is 0. The van der Waals surface area contributed by atoms with Crippen LogP contribution in [0.3, 0.4) is 0 Å². The normalized spacial score (nSPS) is 20.9. The predicted molar refractivity (Wildman–Crippen MR) is 82.0 cm³/mol. The standard InChI is InChI=1S/C16H23N3O/c17-15(18-11-16(20)8-1-2-9-16)19-14-7-6-12-4-3-5-13(12)10-14/h6-7,10,20H,1-5,8-9,11H2,(H3,17,18,19). The highest BCUT2D eigenvalue weighted by atomic mass is 16.3. The monoisotopic (exact) mass is 273 g/mol. The second-order valence-corrected chi connectivity index (χ2v) is 6.09. The van der Waals surface area contributed by atoms with Gasteiger partial charge in [0.15, 0.2) is 5.96 Å². The summed E-state index contributed by atoms with van der Waals surface area (Å²) in [5.41, 5.74) is 9.14. The van der Waals surface area contributed by atoms with Gasteiger partial charge in [-0.1, -0.05) is 18.9 Å². The Bertz CT molecular complexity index is 518. The topological polar surface area (TPSA) is 70.6 Å². The molecule has 0 saturated heterocycles. The van der Waals surface area contributed by atoms with Crippen LogP contribution >= 0.6 is 0 Å². The third-order valence-corrected chi connectivity index (χ3v) is 4.45. The van der Waals surface area contributed by atoms with Crippen LogP contribution in [0.25, 0.3) is 0 Å². The predicted octanol–water partition coefficient (Wildman–Crippen LogP) is 2.21. The van der Waals surface area contributed by atoms with E-state index < -0.39 is 5.60 Å². The van der Waals surface area contributed by atoms with Gasteiger partial charge < -0.3 is 16.2 Å². The van der Waals surface area contributed by atoms with Crippen LogP contribution in [0.15, 0.2) is 23.2 Å². The first kappa shape index (κ1) is 13.4. The van der Waals surface area contributed by atoms with Crippen molar-refractivity contribution in [1.82, 2.24) is 0 Å². The lowest BCUT2D eigenvalue weighted by atomic mass is 10.0. The molecular weight excluding hydrogens is 250 g/mol. The average molecular weight is 273 g/mol. The molecule has 1 saturated carbocycles. The van der Waals surface area contributed by atoms with Crippen molar-refractivity contribution >= 4 is 11.6 Å². The van der Waals surface area contributed by atoms with E-state index in [1.807, 2.05) is 0 Å². The maximum absolute atomic E-state index is 10.2. The number of nitrogens with one attached hydrogen (secondary N) is 1. The number of nitrogens with two attached hydrogens (primary N) is 1. The van der Waals surface area contributed by atoms with Crippen LogP contribution in [0.2, 0.25) is 0 Å². The maximum atomic E-state index is 10.2. The minimum absolute atomic E-state index is 0.392. The molecule has 4 nitrogen and oxygen atoms in total. The van der Waals surface area contributed by atoms with Crippen LogP contribution < -0.4 is 11.1 Å². The number of hydrogen-bond donors (Lipinski definition) is 3. The quantitative estimate of drug-likeness (QED) is 0.584. The van der Waals surface area contributed by atoms with Crippen molar-refractivity contribution in [3.05, 3.63) is 29.3 Å². The number of aliphatic hydroxyl groups is 1. The van der Waals surface area contributed by atoms with E-state index in [9.17, 15) is 5.11 Å². The molecule has 4 N–H and O–H groups in total. The molecule has 0 atom stereocenters. The van der Waals surface area contributed by atoms with E-state index in [2.05, 4.69) is 28.5 Å². The fraction of sp³-hybridized carbons (Fsp3) is 0.562. The van der Waals surface area contributed by atoms with Gasteiger partial charge in [-0.3, -0.25) is 4.99 Å². The molecule has 2 aliphatic carbocycles. The van der Waals surface area contributed by atoms with Crippen LogP contribution in [-0.2, 0) is 12.8 Å². The summed E-state index contributed by atoms with van der Waals surface area (Å²) in [6.45, 7) is 0.400. The summed E-state index contributed by atoms with van der Waals surface area (Å²) < 4.78 is 0. The van der Waals surface area contributed by atoms with Gasteiger partial charge >= 0.3 is 0 Å². The van der Waals surface area contributed by atoms with Gasteiger partial charge in [0.05, 0.1) is 12.1 Å². The second kappa shape index (κ2) is 5.44. The van der Waals surface area contributed by atoms with Gasteiger partial charge in [0.25, 0.3) is 0 Å². The zero-order valence-corrected chi connectivity index (χ0v) is 11.9. The van der Waals surface area contributed by atoms with E-state index in [1.165, 1.54) is 24.0 Å². The summed E-state index contributed by atoms with van der Waals surface area (Å²) >= 11 is 0. The summed E-state index contributed by atoms with van der Waals surface area (Å²) in [5.74, 6) is 0.392. The first-order chi connectivity index (χ1) is 9.65. The highest BCUT2D eigenvalue weighted by Gasteiger charge is 2.30. The summed E-state index contributed by atoms with van der Waals surface area (Å²) in [5, 5.41) is 13.4. The van der Waals surface area contributed by atoms with Gasteiger partial charge in [0.1, 0.15) is 0 Å². The number of fused-ring (bicyclic) bond motifs is 1. The lowest BCUT2D eigenvalue weighted by molar-refractivity contribution is 0.0575. The number of guanidine groups is 1. The molecule has 0 unspecified atom stereocenters. The smallest absolute Gasteiger partial charge is 0.193 e. The Balaban J connectivity index is 1.62. The van der Waals surface area contributed by atoms with Crippen LogP contribution in [0.5, 0.6) is 0 Å². The number of aliphatic imine (C=N–C) groups is 1. The molecule has 0 heterocycles. The van der Waals surface area contributed by atoms with Crippen molar-refractivity contribution in [2.45, 2.75) is 50.5 Å². The molecule has 1 aromatic carbocycles. The maximum Gasteiger partial charge on any atom is 0.193 e. The molecule has 2 aliphatic rings. The molecule has 1 fully saturated rings. The lowest BCUT2D eigenvalue weighted by Crippen LogP contribution is -2.31. The highest BCUT2D eigenvalue weighted by molar-refractivity contribution is 5.92. The van der Waals surface area contributed by atoms with Gasteiger partial charge in [-0.25, -0.2) is 0 Å². The van der Waals surface area contributed by atoms with Gasteiger partial charge in [-0.05, 0) is 55.4 Å². The Morgan fingerprint density at radius 1 is 1.20 bits per heavy atom. The van der Waals surface area contributed by atoms with Crippen molar-refractivity contribution in [1.29, 1.82) is 0 Å². The molecule has 0 aromatic heterocycles. The van der Waals surface area contributed by atoms with Gasteiger partial charge in [0, 0.05) is 5.69 Å². The fourth-order valence-corrected chi connectivity index (χ4v) is 3.26. The van der Waals surface area contributed by atoms with Crippen molar-refractivity contribution in [3.8, 4) is 0 Å². The molecule has 0 aliphatic heterocycles. The molecule has 20 heavy (non-hydrogen) atoms. The molecule has 0 bridgehead atoms. The van der Waals surface area contributed by atoms with Crippen LogP contribution in [-0.4, -0.2) is 23.2 Å². The van der Waals surface area contributed by atoms with E-state index >= 15 is 0 Å². The molecule has 1 aromatic rings. The third kappa shape index (κ3) is 2.96. The van der Waals surface area contributed by atoms with E-state index in [0.717, 1.165) is 37.8 Å². The van der Waals surface area contributed by atoms with E-state index in [-0.39, 0.29) is 0 Å². The number of rotatable bonds is 3. The van der Waals surface area contributed by atoms with E-state index in [4.69, 9.17) is 5.73 Å². The molecule has 0 amide bonds. The zero-order valence-electron chi connectivity index (χ0n) is 11.9. The number of hydrogen-bond acceptors (Lipinski definition) is 2. The third-order valence-electron chi connectivity index (χ3n) is 4.45. The minimum Gasteiger partial charge on any atom is -0.388 e. The Kier molecular flexibility index (Phi) is 3.66. The molecular formula is C16H23N3O. The van der Waals surface area contributed by atoms with Crippen molar-refractivity contribution < 1.29 is 5.11 Å². The number of nitrogens with zero attached hydrogens (tertiary/aromatic N) is 1. The minimum atomic E-state index is -0.635. The van der Waals surface area contributed by atoms with E-state index in [0.29, 0.717) is 12.5 Å². The average Bonchev–Trinajstić information content (AvgIpc) is 3.05. The van der Waals surface area contributed by atoms with Crippen LogP contribution in [0.4, 0.5) is 5.69 Å². The second-order valence-electron chi connectivity index (χ2n) is 6.09. The van der Waals surface area contributed by atoms with Crippen molar-refractivity contribution in [3.63, 3.8) is 0 Å². The number of benzene rings is 1. The molecule has 108 valence electrons. The SMILES string of the molecule is NC(=NCC1(O)CCCC1)Nc1ccc2c(c1)CCC2. The molecule has 0 spiro atoms. The summed E-state index contributed by atoms with van der Waals surface area (Å²) in [6.07, 6.45) is 7.43. The van der Waals surface area contributed by atoms with Crippen molar-refractivity contribution in [2.24, 2.45) is 10.7 Å². The molecule has 0 radical (unpaired) electrons. The Labute approximate surface area is 120 Å². The first-order valence-corrected chi connectivity index (χ1v) is 7.56. The van der Waals surface area contributed by atoms with Crippen molar-refractivity contribution in [2.75, 3.05) is 11.9 Å². The van der Waals surface area contributed by atoms with E-state index in [1.54, 1.807) is 0 Å². The largest absolute Gasteiger partial charge is 0.388 e. The Morgan fingerprint density at radius 3 is 2.75 bits per heavy atom. The van der Waals surface area contributed by atoms with Gasteiger partial charge in [-0.2, -0.15) is 0 Å². The summed E-state index contributed by atoms with van der Waals surface area (Å²) in [4.78, 5) is 4.30. The lowest BCUT2D eigenvalue weighted by Gasteiger charge is -2.19. The molecule has 4 heteroatoms. The first-order valence-electron chi connectivity index (χ1n) is 7.56. The van der Waals surface area contributed by atoms with Crippen LogP contribution in [0, 0.1) is 0 Å². The Morgan fingerprint density at radius 2 is 1.95 bits per heavy atom. The van der Waals surface area contributed by atoms with Gasteiger partial charge in [0.2, 0.25) is 0 Å². The molecule has 3 rings (SSSR count). The zero-order chi connectivity index (χ0) is 14.0. The van der Waals surface area contributed by atoms with Gasteiger partial charge in [-0.15, -0.1) is 0 Å².